The van der Waals surface area contributed by atoms with Crippen molar-refractivity contribution in [2.45, 2.75) is 25.8 Å². The van der Waals surface area contributed by atoms with Crippen molar-refractivity contribution >= 4 is 5.91 Å². The lowest BCUT2D eigenvalue weighted by atomic mass is 10.2. The van der Waals surface area contributed by atoms with Crippen LogP contribution in [0.25, 0.3) is 5.69 Å². The van der Waals surface area contributed by atoms with Crippen LogP contribution in [0.4, 0.5) is 0 Å². The normalized spacial score (nSPS) is 15.7. The maximum atomic E-state index is 12.2. The van der Waals surface area contributed by atoms with Gasteiger partial charge in [0.2, 0.25) is 0 Å². The van der Waals surface area contributed by atoms with Crippen LogP contribution in [-0.4, -0.2) is 33.5 Å². The van der Waals surface area contributed by atoms with Gasteiger partial charge in [0.25, 0.3) is 5.91 Å². The predicted octanol–water partition coefficient (Wildman–Crippen LogP) is 1.04. The topological polar surface area (TPSA) is 85.8 Å². The summed E-state index contributed by atoms with van der Waals surface area (Å²) in [5.41, 5.74) is 8.06. The number of hydrogen-bond donors (Lipinski definition) is 2. The second-order valence-corrected chi connectivity index (χ2v) is 5.54. The Morgan fingerprint density at radius 1 is 1.43 bits per heavy atom. The standard InChI is InChI=1S/C15H19N5O/c1-10-2-6-12(7-3-10)20-9-14(18-19-20)15(21)17-13(8-16)11-4-5-11/h2-3,6-7,9,11,13H,4-5,8,16H2,1H3,(H,17,21). The summed E-state index contributed by atoms with van der Waals surface area (Å²) in [7, 11) is 0. The largest absolute Gasteiger partial charge is 0.346 e. The van der Waals surface area contributed by atoms with Crippen LogP contribution in [0.2, 0.25) is 0 Å². The molecule has 1 aliphatic rings. The third-order valence-corrected chi connectivity index (χ3v) is 3.79. The van der Waals surface area contributed by atoms with Gasteiger partial charge >= 0.3 is 0 Å². The summed E-state index contributed by atoms with van der Waals surface area (Å²) in [6, 6.07) is 7.92. The molecule has 1 heterocycles. The van der Waals surface area contributed by atoms with Crippen LogP contribution in [0.3, 0.4) is 0 Å². The van der Waals surface area contributed by atoms with Crippen LogP contribution in [0.15, 0.2) is 30.5 Å². The number of aromatic nitrogens is 3. The van der Waals surface area contributed by atoms with E-state index in [0.717, 1.165) is 18.5 Å². The van der Waals surface area contributed by atoms with Gasteiger partial charge in [-0.3, -0.25) is 4.79 Å². The van der Waals surface area contributed by atoms with Crippen LogP contribution in [0.5, 0.6) is 0 Å². The summed E-state index contributed by atoms with van der Waals surface area (Å²) in [4.78, 5) is 12.2. The van der Waals surface area contributed by atoms with Crippen molar-refractivity contribution in [3.63, 3.8) is 0 Å². The number of nitrogens with two attached hydrogens (primary N) is 1. The van der Waals surface area contributed by atoms with Crippen LogP contribution < -0.4 is 11.1 Å². The molecule has 2 aromatic rings. The number of carbonyl (C=O) groups excluding carboxylic acids is 1. The van der Waals surface area contributed by atoms with Crippen molar-refractivity contribution in [2.24, 2.45) is 11.7 Å². The van der Waals surface area contributed by atoms with Gasteiger partial charge in [-0.15, -0.1) is 5.10 Å². The minimum absolute atomic E-state index is 0.0435. The van der Waals surface area contributed by atoms with Gasteiger partial charge in [-0.1, -0.05) is 22.9 Å². The van der Waals surface area contributed by atoms with Crippen molar-refractivity contribution in [3.05, 3.63) is 41.7 Å². The maximum Gasteiger partial charge on any atom is 0.273 e. The minimum atomic E-state index is -0.212. The van der Waals surface area contributed by atoms with E-state index in [1.165, 1.54) is 5.56 Å². The van der Waals surface area contributed by atoms with Crippen molar-refractivity contribution in [1.29, 1.82) is 0 Å². The van der Waals surface area contributed by atoms with Crippen LogP contribution in [-0.2, 0) is 0 Å². The van der Waals surface area contributed by atoms with E-state index in [0.29, 0.717) is 18.2 Å². The third-order valence-electron chi connectivity index (χ3n) is 3.79. The molecule has 21 heavy (non-hydrogen) atoms. The molecule has 1 unspecified atom stereocenters. The molecule has 0 radical (unpaired) electrons. The van der Waals surface area contributed by atoms with Gasteiger partial charge in [-0.2, -0.15) is 0 Å². The van der Waals surface area contributed by atoms with E-state index in [1.807, 2.05) is 31.2 Å². The Bertz CT molecular complexity index is 630. The Kier molecular flexibility index (Phi) is 3.70. The zero-order valence-electron chi connectivity index (χ0n) is 12.0. The van der Waals surface area contributed by atoms with Crippen LogP contribution in [0, 0.1) is 12.8 Å². The molecule has 1 aliphatic carbocycles. The molecule has 0 aliphatic heterocycles. The van der Waals surface area contributed by atoms with E-state index in [9.17, 15) is 4.79 Å². The lowest BCUT2D eigenvalue weighted by molar-refractivity contribution is 0.0928. The smallest absolute Gasteiger partial charge is 0.273 e. The molecule has 6 heteroatoms. The van der Waals surface area contributed by atoms with Gasteiger partial charge in [0, 0.05) is 12.6 Å². The first-order chi connectivity index (χ1) is 10.2. The number of nitrogens with one attached hydrogen (secondary N) is 1. The Labute approximate surface area is 123 Å². The van der Waals surface area contributed by atoms with Gasteiger partial charge in [0.1, 0.15) is 0 Å². The fourth-order valence-corrected chi connectivity index (χ4v) is 2.30. The summed E-state index contributed by atoms with van der Waals surface area (Å²) in [5, 5.41) is 10.9. The minimum Gasteiger partial charge on any atom is -0.346 e. The summed E-state index contributed by atoms with van der Waals surface area (Å²) in [6.45, 7) is 2.48. The highest BCUT2D eigenvalue weighted by Gasteiger charge is 2.31. The fraction of sp³-hybridized carbons (Fsp3) is 0.400. The third kappa shape index (κ3) is 3.11. The number of rotatable bonds is 5. The predicted molar refractivity (Wildman–Crippen MR) is 79.1 cm³/mol. The number of nitrogens with zero attached hydrogens (tertiary/aromatic N) is 3. The number of benzene rings is 1. The molecule has 110 valence electrons. The fourth-order valence-electron chi connectivity index (χ4n) is 2.30. The summed E-state index contributed by atoms with van der Waals surface area (Å²) in [6.07, 6.45) is 3.91. The molecule has 1 fully saturated rings. The number of aryl methyl sites for hydroxylation is 1. The first kappa shape index (κ1) is 13.8. The number of hydrogen-bond acceptors (Lipinski definition) is 4. The number of carbonyl (C=O) groups is 1. The van der Waals surface area contributed by atoms with Gasteiger partial charge in [-0.05, 0) is 37.8 Å². The van der Waals surface area contributed by atoms with E-state index >= 15 is 0 Å². The van der Waals surface area contributed by atoms with Crippen LogP contribution >= 0.6 is 0 Å². The van der Waals surface area contributed by atoms with Crippen molar-refractivity contribution in [2.75, 3.05) is 6.54 Å². The molecule has 1 aromatic carbocycles. The highest BCUT2D eigenvalue weighted by atomic mass is 16.2. The summed E-state index contributed by atoms with van der Waals surface area (Å²) >= 11 is 0. The molecular weight excluding hydrogens is 266 g/mol. The second-order valence-electron chi connectivity index (χ2n) is 5.54. The molecule has 1 atom stereocenters. The molecule has 0 saturated heterocycles. The molecule has 0 spiro atoms. The first-order valence-corrected chi connectivity index (χ1v) is 7.17. The lowest BCUT2D eigenvalue weighted by Gasteiger charge is -2.14. The zero-order chi connectivity index (χ0) is 14.8. The first-order valence-electron chi connectivity index (χ1n) is 7.17. The van der Waals surface area contributed by atoms with Gasteiger partial charge in [0.05, 0.1) is 11.9 Å². The van der Waals surface area contributed by atoms with Crippen LogP contribution in [0.1, 0.15) is 28.9 Å². The molecule has 6 nitrogen and oxygen atoms in total. The van der Waals surface area contributed by atoms with Gasteiger partial charge in [-0.25, -0.2) is 4.68 Å². The van der Waals surface area contributed by atoms with E-state index < -0.39 is 0 Å². The lowest BCUT2D eigenvalue weighted by Crippen LogP contribution is -2.41. The Balaban J connectivity index is 1.71. The van der Waals surface area contributed by atoms with E-state index in [4.69, 9.17) is 5.73 Å². The van der Waals surface area contributed by atoms with Crippen molar-refractivity contribution in [3.8, 4) is 5.69 Å². The Morgan fingerprint density at radius 2 is 2.14 bits per heavy atom. The second kappa shape index (κ2) is 5.65. The Hall–Kier alpha value is -2.21. The summed E-state index contributed by atoms with van der Waals surface area (Å²) in [5.74, 6) is 0.307. The van der Waals surface area contributed by atoms with Gasteiger partial charge < -0.3 is 11.1 Å². The highest BCUT2D eigenvalue weighted by molar-refractivity contribution is 5.92. The van der Waals surface area contributed by atoms with E-state index in [2.05, 4.69) is 15.6 Å². The maximum absolute atomic E-state index is 12.2. The molecular formula is C15H19N5O. The molecule has 1 amide bonds. The van der Waals surface area contributed by atoms with Crippen molar-refractivity contribution < 1.29 is 4.79 Å². The highest BCUT2D eigenvalue weighted by Crippen LogP contribution is 2.32. The molecule has 3 rings (SSSR count). The quantitative estimate of drug-likeness (QED) is 0.859. The molecule has 0 bridgehead atoms. The molecule has 1 aromatic heterocycles. The SMILES string of the molecule is Cc1ccc(-n2cc(C(=O)NC(CN)C3CC3)nn2)cc1. The Morgan fingerprint density at radius 3 is 2.76 bits per heavy atom. The van der Waals surface area contributed by atoms with Crippen molar-refractivity contribution in [1.82, 2.24) is 20.3 Å². The monoisotopic (exact) mass is 285 g/mol. The van der Waals surface area contributed by atoms with Gasteiger partial charge in [0.15, 0.2) is 5.69 Å². The average molecular weight is 285 g/mol. The molecule has 1 saturated carbocycles. The van der Waals surface area contributed by atoms with E-state index in [-0.39, 0.29) is 11.9 Å². The zero-order valence-corrected chi connectivity index (χ0v) is 12.0. The molecule has 3 N–H and O–H groups in total. The average Bonchev–Trinajstić information content (AvgIpc) is 3.21. The van der Waals surface area contributed by atoms with E-state index in [1.54, 1.807) is 10.9 Å². The number of amides is 1. The summed E-state index contributed by atoms with van der Waals surface area (Å²) < 4.78 is 1.60.